The average molecular weight is 152 g/mol. The van der Waals surface area contributed by atoms with E-state index >= 15 is 0 Å². The molecule has 3 nitrogen and oxygen atoms in total. The maximum atomic E-state index is 9.96. The van der Waals surface area contributed by atoms with Crippen molar-refractivity contribution in [2.75, 3.05) is 13.1 Å². The monoisotopic (exact) mass is 152 g/mol. The Bertz CT molecular complexity index is 224. The fourth-order valence-electron chi connectivity index (χ4n) is 1.53. The maximum Gasteiger partial charge on any atom is 0.118 e. The summed E-state index contributed by atoms with van der Waals surface area (Å²) in [5, 5.41) is 13.1. The van der Waals surface area contributed by atoms with Crippen LogP contribution in [0.5, 0.6) is 0 Å². The van der Waals surface area contributed by atoms with E-state index in [1.165, 1.54) is 0 Å². The van der Waals surface area contributed by atoms with Crippen molar-refractivity contribution in [2.24, 2.45) is 0 Å². The molecule has 0 bridgehead atoms. The molecule has 1 fully saturated rings. The Kier molecular flexibility index (Phi) is 1.47. The second-order valence-electron chi connectivity index (χ2n) is 3.04. The molecule has 0 amide bonds. The fourth-order valence-corrected chi connectivity index (χ4v) is 1.53. The summed E-state index contributed by atoms with van der Waals surface area (Å²) < 4.78 is 0. The molecule has 0 aliphatic carbocycles. The van der Waals surface area contributed by atoms with Gasteiger partial charge in [0.25, 0.3) is 0 Å². The minimum Gasteiger partial charge on any atom is -0.382 e. The second kappa shape index (κ2) is 2.36. The molecule has 2 heterocycles. The lowest BCUT2D eigenvalue weighted by molar-refractivity contribution is 0.0547. The van der Waals surface area contributed by atoms with Crippen LogP contribution in [0.15, 0.2) is 18.3 Å². The molecule has 3 N–H and O–H groups in total. The first-order chi connectivity index (χ1) is 5.31. The predicted molar refractivity (Wildman–Crippen MR) is 42.2 cm³/mol. The zero-order chi connectivity index (χ0) is 7.73. The zero-order valence-corrected chi connectivity index (χ0v) is 6.30. The van der Waals surface area contributed by atoms with Crippen LogP contribution in [0.3, 0.4) is 0 Å². The smallest absolute Gasteiger partial charge is 0.118 e. The van der Waals surface area contributed by atoms with E-state index in [2.05, 4.69) is 10.3 Å². The van der Waals surface area contributed by atoms with E-state index < -0.39 is 5.60 Å². The molecule has 0 radical (unpaired) electrons. The van der Waals surface area contributed by atoms with Crippen molar-refractivity contribution in [1.29, 1.82) is 0 Å². The zero-order valence-electron chi connectivity index (χ0n) is 6.30. The minimum absolute atomic E-state index is 0.649. The van der Waals surface area contributed by atoms with Crippen molar-refractivity contribution in [3.63, 3.8) is 0 Å². The van der Waals surface area contributed by atoms with Crippen LogP contribution in [0, 0.1) is 0 Å². The van der Waals surface area contributed by atoms with Crippen molar-refractivity contribution >= 4 is 0 Å². The van der Waals surface area contributed by atoms with Crippen LogP contribution >= 0.6 is 0 Å². The molecule has 1 aromatic heterocycles. The summed E-state index contributed by atoms with van der Waals surface area (Å²) in [4.78, 5) is 3.03. The minimum atomic E-state index is -0.649. The van der Waals surface area contributed by atoms with Gasteiger partial charge in [-0.15, -0.1) is 0 Å². The molecule has 2 rings (SSSR count). The van der Waals surface area contributed by atoms with Crippen LogP contribution < -0.4 is 5.32 Å². The number of β-amino-alcohol motifs (C(OH)–C–C–N with tert-alkyl or cyclic N) is 1. The number of hydrogen-bond donors (Lipinski definition) is 3. The lowest BCUT2D eigenvalue weighted by Gasteiger charge is -2.19. The first-order valence-corrected chi connectivity index (χ1v) is 3.88. The molecule has 11 heavy (non-hydrogen) atoms. The number of H-pyrrole nitrogens is 1. The Morgan fingerprint density at radius 3 is 3.00 bits per heavy atom. The molecule has 1 aliphatic rings. The van der Waals surface area contributed by atoms with Gasteiger partial charge in [-0.2, -0.15) is 0 Å². The highest BCUT2D eigenvalue weighted by atomic mass is 16.3. The van der Waals surface area contributed by atoms with E-state index in [0.717, 1.165) is 18.7 Å². The first kappa shape index (κ1) is 6.88. The van der Waals surface area contributed by atoms with Gasteiger partial charge >= 0.3 is 0 Å². The summed E-state index contributed by atoms with van der Waals surface area (Å²) in [5.41, 5.74) is 0.270. The van der Waals surface area contributed by atoms with Crippen molar-refractivity contribution in [1.82, 2.24) is 10.3 Å². The molecular weight excluding hydrogens is 140 g/mol. The van der Waals surface area contributed by atoms with Crippen molar-refractivity contribution in [3.05, 3.63) is 24.0 Å². The van der Waals surface area contributed by atoms with E-state index in [-0.39, 0.29) is 0 Å². The van der Waals surface area contributed by atoms with Gasteiger partial charge in [0.05, 0.1) is 0 Å². The van der Waals surface area contributed by atoms with Crippen molar-refractivity contribution < 1.29 is 5.11 Å². The van der Waals surface area contributed by atoms with Crippen molar-refractivity contribution in [3.8, 4) is 0 Å². The van der Waals surface area contributed by atoms with Gasteiger partial charge in [0.1, 0.15) is 5.60 Å². The SMILES string of the molecule is OC1(c2ccc[nH]2)CCNC1. The standard InChI is InChI=1S/C8H12N2O/c11-8(3-5-9-6-8)7-2-1-4-10-7/h1-2,4,9-11H,3,5-6H2. The molecule has 0 aromatic carbocycles. The molecule has 3 heteroatoms. The third kappa shape index (κ3) is 1.06. The van der Waals surface area contributed by atoms with Gasteiger partial charge in [-0.25, -0.2) is 0 Å². The molecule has 1 unspecified atom stereocenters. The van der Waals surface area contributed by atoms with Gasteiger partial charge in [-0.05, 0) is 25.1 Å². The number of rotatable bonds is 1. The van der Waals surface area contributed by atoms with Gasteiger partial charge in [0.15, 0.2) is 0 Å². The highest BCUT2D eigenvalue weighted by Crippen LogP contribution is 2.25. The summed E-state index contributed by atoms with van der Waals surface area (Å²) in [6, 6.07) is 3.83. The number of nitrogens with one attached hydrogen (secondary N) is 2. The number of aromatic amines is 1. The van der Waals surface area contributed by atoms with Crippen LogP contribution in [-0.2, 0) is 5.60 Å². The number of aliphatic hydroxyl groups is 1. The molecule has 1 atom stereocenters. The summed E-state index contributed by atoms with van der Waals surface area (Å²) in [5.74, 6) is 0. The van der Waals surface area contributed by atoms with Crippen LogP contribution in [0.2, 0.25) is 0 Å². The van der Waals surface area contributed by atoms with E-state index in [0.29, 0.717) is 6.54 Å². The van der Waals surface area contributed by atoms with Gasteiger partial charge in [-0.1, -0.05) is 0 Å². The molecule has 0 saturated carbocycles. The fraction of sp³-hybridized carbons (Fsp3) is 0.500. The lowest BCUT2D eigenvalue weighted by atomic mass is 10.00. The van der Waals surface area contributed by atoms with Crippen LogP contribution in [0.4, 0.5) is 0 Å². The van der Waals surface area contributed by atoms with Crippen LogP contribution in [0.25, 0.3) is 0 Å². The highest BCUT2D eigenvalue weighted by molar-refractivity contribution is 5.15. The molecular formula is C8H12N2O. The van der Waals surface area contributed by atoms with Gasteiger partial charge in [-0.3, -0.25) is 0 Å². The van der Waals surface area contributed by atoms with Crippen LogP contribution in [-0.4, -0.2) is 23.2 Å². The Hall–Kier alpha value is -0.800. The van der Waals surface area contributed by atoms with E-state index in [1.807, 2.05) is 18.3 Å². The van der Waals surface area contributed by atoms with Gasteiger partial charge in [0, 0.05) is 18.4 Å². The third-order valence-corrected chi connectivity index (χ3v) is 2.23. The Balaban J connectivity index is 2.27. The predicted octanol–water partition coefficient (Wildman–Crippen LogP) is 0.196. The molecule has 1 saturated heterocycles. The Labute approximate surface area is 65.4 Å². The molecule has 1 aliphatic heterocycles. The third-order valence-electron chi connectivity index (χ3n) is 2.23. The summed E-state index contributed by atoms with van der Waals surface area (Å²) in [7, 11) is 0. The second-order valence-corrected chi connectivity index (χ2v) is 3.04. The number of aromatic nitrogens is 1. The molecule has 60 valence electrons. The molecule has 0 spiro atoms. The molecule has 1 aromatic rings. The lowest BCUT2D eigenvalue weighted by Crippen LogP contribution is -2.28. The Morgan fingerprint density at radius 2 is 2.45 bits per heavy atom. The quantitative estimate of drug-likeness (QED) is 0.538. The topological polar surface area (TPSA) is 48.0 Å². The number of hydrogen-bond acceptors (Lipinski definition) is 2. The average Bonchev–Trinajstić information content (AvgIpc) is 2.55. The normalized spacial score (nSPS) is 31.0. The maximum absolute atomic E-state index is 9.96. The highest BCUT2D eigenvalue weighted by Gasteiger charge is 2.33. The van der Waals surface area contributed by atoms with E-state index in [1.54, 1.807) is 0 Å². The van der Waals surface area contributed by atoms with Gasteiger partial charge < -0.3 is 15.4 Å². The van der Waals surface area contributed by atoms with E-state index in [4.69, 9.17) is 0 Å². The van der Waals surface area contributed by atoms with Gasteiger partial charge in [0.2, 0.25) is 0 Å². The Morgan fingerprint density at radius 1 is 1.55 bits per heavy atom. The first-order valence-electron chi connectivity index (χ1n) is 3.88. The summed E-state index contributed by atoms with van der Waals surface area (Å²) >= 11 is 0. The van der Waals surface area contributed by atoms with Crippen LogP contribution in [0.1, 0.15) is 12.1 Å². The van der Waals surface area contributed by atoms with E-state index in [9.17, 15) is 5.11 Å². The summed E-state index contributed by atoms with van der Waals surface area (Å²) in [6.45, 7) is 1.56. The summed E-state index contributed by atoms with van der Waals surface area (Å²) in [6.07, 6.45) is 2.64. The van der Waals surface area contributed by atoms with Crippen molar-refractivity contribution in [2.45, 2.75) is 12.0 Å². The largest absolute Gasteiger partial charge is 0.382 e.